The van der Waals surface area contributed by atoms with Crippen LogP contribution in [-0.2, 0) is 14.3 Å². The highest BCUT2D eigenvalue weighted by Crippen LogP contribution is 1.88. The Morgan fingerprint density at radius 2 is 1.69 bits per heavy atom. The Hall–Kier alpha value is -1.10. The summed E-state index contributed by atoms with van der Waals surface area (Å²) >= 11 is 0. The summed E-state index contributed by atoms with van der Waals surface area (Å²) in [5.74, 6) is -0.109. The molecular formula is C11H22N2O3. The number of nitrogens with one attached hydrogen (secondary N) is 2. The SMILES string of the molecule is CC(=O)NCCCCNC(=O)COC(C)C. The molecule has 5 nitrogen and oxygen atoms in total. The number of unbranched alkanes of at least 4 members (excludes halogenated alkanes) is 1. The Balaban J connectivity index is 3.24. The number of amides is 2. The Kier molecular flexibility index (Phi) is 8.52. The zero-order chi connectivity index (χ0) is 12.4. The van der Waals surface area contributed by atoms with Gasteiger partial charge in [-0.1, -0.05) is 0 Å². The Bertz CT molecular complexity index is 217. The van der Waals surface area contributed by atoms with Crippen molar-refractivity contribution in [3.8, 4) is 0 Å². The molecule has 2 N–H and O–H groups in total. The van der Waals surface area contributed by atoms with Crippen LogP contribution in [0.4, 0.5) is 0 Å². The first-order chi connectivity index (χ1) is 7.52. The average Bonchev–Trinajstić information content (AvgIpc) is 2.19. The molecule has 0 spiro atoms. The molecule has 94 valence electrons. The summed E-state index contributed by atoms with van der Waals surface area (Å²) in [6, 6.07) is 0. The maximum Gasteiger partial charge on any atom is 0.246 e. The Morgan fingerprint density at radius 1 is 1.12 bits per heavy atom. The van der Waals surface area contributed by atoms with E-state index in [1.165, 1.54) is 6.92 Å². The van der Waals surface area contributed by atoms with Crippen LogP contribution in [0.1, 0.15) is 33.6 Å². The molecule has 0 aliphatic carbocycles. The maximum atomic E-state index is 11.2. The van der Waals surface area contributed by atoms with Crippen molar-refractivity contribution in [2.75, 3.05) is 19.7 Å². The molecule has 0 atom stereocenters. The fraction of sp³-hybridized carbons (Fsp3) is 0.818. The highest BCUT2D eigenvalue weighted by molar-refractivity contribution is 5.77. The summed E-state index contributed by atoms with van der Waals surface area (Å²) in [4.78, 5) is 21.7. The monoisotopic (exact) mass is 230 g/mol. The average molecular weight is 230 g/mol. The van der Waals surface area contributed by atoms with Crippen LogP contribution >= 0.6 is 0 Å². The normalized spacial score (nSPS) is 10.2. The van der Waals surface area contributed by atoms with E-state index >= 15 is 0 Å². The molecule has 0 saturated carbocycles. The number of carbonyl (C=O) groups excluding carboxylic acids is 2. The Labute approximate surface area is 96.9 Å². The van der Waals surface area contributed by atoms with Gasteiger partial charge in [-0.05, 0) is 26.7 Å². The van der Waals surface area contributed by atoms with Crippen LogP contribution in [0.25, 0.3) is 0 Å². The van der Waals surface area contributed by atoms with Gasteiger partial charge in [0.15, 0.2) is 0 Å². The molecule has 0 saturated heterocycles. The molecular weight excluding hydrogens is 208 g/mol. The molecule has 0 aliphatic rings. The van der Waals surface area contributed by atoms with Crippen LogP contribution in [0.15, 0.2) is 0 Å². The zero-order valence-electron chi connectivity index (χ0n) is 10.3. The number of hydrogen-bond donors (Lipinski definition) is 2. The molecule has 0 heterocycles. The van der Waals surface area contributed by atoms with Crippen molar-refractivity contribution < 1.29 is 14.3 Å². The zero-order valence-corrected chi connectivity index (χ0v) is 10.3. The second-order valence-electron chi connectivity index (χ2n) is 3.90. The van der Waals surface area contributed by atoms with Crippen molar-refractivity contribution in [2.45, 2.75) is 39.7 Å². The molecule has 0 aromatic heterocycles. The molecule has 0 bridgehead atoms. The van der Waals surface area contributed by atoms with Gasteiger partial charge in [0, 0.05) is 20.0 Å². The van der Waals surface area contributed by atoms with Crippen LogP contribution in [0, 0.1) is 0 Å². The molecule has 0 aromatic carbocycles. The van der Waals surface area contributed by atoms with E-state index in [9.17, 15) is 9.59 Å². The minimum atomic E-state index is -0.0896. The first-order valence-electron chi connectivity index (χ1n) is 5.65. The molecule has 0 radical (unpaired) electrons. The van der Waals surface area contributed by atoms with E-state index in [0.717, 1.165) is 12.8 Å². The van der Waals surface area contributed by atoms with Crippen LogP contribution in [0.3, 0.4) is 0 Å². The van der Waals surface area contributed by atoms with E-state index in [4.69, 9.17) is 4.74 Å². The molecule has 0 rings (SSSR count). The lowest BCUT2D eigenvalue weighted by atomic mass is 10.3. The molecule has 0 unspecified atom stereocenters. The third kappa shape index (κ3) is 11.0. The largest absolute Gasteiger partial charge is 0.369 e. The fourth-order valence-corrected chi connectivity index (χ4v) is 1.04. The van der Waals surface area contributed by atoms with E-state index in [-0.39, 0.29) is 24.5 Å². The van der Waals surface area contributed by atoms with Gasteiger partial charge in [0.1, 0.15) is 6.61 Å². The maximum absolute atomic E-state index is 11.2. The lowest BCUT2D eigenvalue weighted by Crippen LogP contribution is -2.30. The van der Waals surface area contributed by atoms with Crippen molar-refractivity contribution in [3.63, 3.8) is 0 Å². The van der Waals surface area contributed by atoms with E-state index in [1.807, 2.05) is 13.8 Å². The first kappa shape index (κ1) is 14.9. The third-order valence-corrected chi connectivity index (χ3v) is 1.85. The van der Waals surface area contributed by atoms with E-state index < -0.39 is 0 Å². The van der Waals surface area contributed by atoms with Gasteiger partial charge in [-0.2, -0.15) is 0 Å². The van der Waals surface area contributed by atoms with E-state index in [2.05, 4.69) is 10.6 Å². The third-order valence-electron chi connectivity index (χ3n) is 1.85. The Morgan fingerprint density at radius 3 is 2.19 bits per heavy atom. The van der Waals surface area contributed by atoms with Crippen molar-refractivity contribution >= 4 is 11.8 Å². The molecule has 0 aromatic rings. The van der Waals surface area contributed by atoms with Gasteiger partial charge in [-0.15, -0.1) is 0 Å². The van der Waals surface area contributed by atoms with Gasteiger partial charge in [0.05, 0.1) is 6.10 Å². The van der Waals surface area contributed by atoms with Gasteiger partial charge < -0.3 is 15.4 Å². The summed E-state index contributed by atoms with van der Waals surface area (Å²) in [5, 5.41) is 5.45. The molecule has 16 heavy (non-hydrogen) atoms. The smallest absolute Gasteiger partial charge is 0.246 e. The van der Waals surface area contributed by atoms with Crippen molar-refractivity contribution in [1.82, 2.24) is 10.6 Å². The summed E-state index contributed by atoms with van der Waals surface area (Å²) in [6.07, 6.45) is 1.80. The van der Waals surface area contributed by atoms with Crippen molar-refractivity contribution in [2.24, 2.45) is 0 Å². The number of hydrogen-bond acceptors (Lipinski definition) is 3. The van der Waals surface area contributed by atoms with Crippen LogP contribution in [0.5, 0.6) is 0 Å². The van der Waals surface area contributed by atoms with Gasteiger partial charge in [0.2, 0.25) is 11.8 Å². The van der Waals surface area contributed by atoms with Gasteiger partial charge in [0.25, 0.3) is 0 Å². The second-order valence-corrected chi connectivity index (χ2v) is 3.90. The van der Waals surface area contributed by atoms with Crippen LogP contribution in [-0.4, -0.2) is 37.6 Å². The van der Waals surface area contributed by atoms with Crippen LogP contribution < -0.4 is 10.6 Å². The predicted molar refractivity (Wildman–Crippen MR) is 62.0 cm³/mol. The van der Waals surface area contributed by atoms with Crippen LogP contribution in [0.2, 0.25) is 0 Å². The molecule has 2 amide bonds. The molecule has 5 heteroatoms. The fourth-order valence-electron chi connectivity index (χ4n) is 1.04. The predicted octanol–water partition coefficient (Wildman–Crippen LogP) is 0.444. The summed E-state index contributed by atoms with van der Waals surface area (Å²) in [5.41, 5.74) is 0. The van der Waals surface area contributed by atoms with Crippen molar-refractivity contribution in [1.29, 1.82) is 0 Å². The molecule has 0 aliphatic heterocycles. The van der Waals surface area contributed by atoms with E-state index in [1.54, 1.807) is 0 Å². The molecule has 0 fully saturated rings. The lowest BCUT2D eigenvalue weighted by molar-refractivity contribution is -0.127. The number of rotatable bonds is 8. The second kappa shape index (κ2) is 9.15. The highest BCUT2D eigenvalue weighted by atomic mass is 16.5. The minimum absolute atomic E-state index is 0.0191. The lowest BCUT2D eigenvalue weighted by Gasteiger charge is -2.08. The van der Waals surface area contributed by atoms with Gasteiger partial charge in [-0.25, -0.2) is 0 Å². The quantitative estimate of drug-likeness (QED) is 0.595. The summed E-state index contributed by atoms with van der Waals surface area (Å²) in [6.45, 7) is 6.67. The van der Waals surface area contributed by atoms with Gasteiger partial charge in [-0.3, -0.25) is 9.59 Å². The summed E-state index contributed by atoms with van der Waals surface area (Å²) < 4.78 is 5.14. The minimum Gasteiger partial charge on any atom is -0.369 e. The number of ether oxygens (including phenoxy) is 1. The van der Waals surface area contributed by atoms with Crippen molar-refractivity contribution in [3.05, 3.63) is 0 Å². The topological polar surface area (TPSA) is 67.4 Å². The summed E-state index contributed by atoms with van der Waals surface area (Å²) in [7, 11) is 0. The van der Waals surface area contributed by atoms with E-state index in [0.29, 0.717) is 13.1 Å². The van der Waals surface area contributed by atoms with Gasteiger partial charge >= 0.3 is 0 Å². The standard InChI is InChI=1S/C11H22N2O3/c1-9(2)16-8-11(15)13-7-5-4-6-12-10(3)14/h9H,4-8H2,1-3H3,(H,12,14)(H,13,15). The first-order valence-corrected chi connectivity index (χ1v) is 5.65. The number of carbonyl (C=O) groups is 2. The highest BCUT2D eigenvalue weighted by Gasteiger charge is 2.01.